The summed E-state index contributed by atoms with van der Waals surface area (Å²) >= 11 is 0. The summed E-state index contributed by atoms with van der Waals surface area (Å²) < 4.78 is 0. The highest BCUT2D eigenvalue weighted by molar-refractivity contribution is 5.94. The highest BCUT2D eigenvalue weighted by Crippen LogP contribution is 2.32. The molecule has 5 rings (SSSR count). The van der Waals surface area contributed by atoms with Gasteiger partial charge in [0.25, 0.3) is 5.69 Å². The first kappa shape index (κ1) is 24.4. The molecular weight excluding hydrogens is 468 g/mol. The molecule has 0 spiro atoms. The molecule has 0 saturated carbocycles. The summed E-state index contributed by atoms with van der Waals surface area (Å²) in [7, 11) is 0. The van der Waals surface area contributed by atoms with Crippen molar-refractivity contribution in [2.24, 2.45) is 0 Å². The van der Waals surface area contributed by atoms with E-state index in [2.05, 4.69) is 59.7 Å². The highest BCUT2D eigenvalue weighted by Gasteiger charge is 2.20. The fourth-order valence-corrected chi connectivity index (χ4v) is 4.70. The maximum atomic E-state index is 11.7. The van der Waals surface area contributed by atoms with Crippen molar-refractivity contribution in [1.82, 2.24) is 19.9 Å². The van der Waals surface area contributed by atoms with Crippen LogP contribution in [0.1, 0.15) is 18.1 Å². The molecule has 3 heterocycles. The number of nitrogens with zero attached hydrogens (tertiary/aromatic N) is 6. The van der Waals surface area contributed by atoms with Crippen LogP contribution in [0, 0.1) is 10.1 Å². The Morgan fingerprint density at radius 1 is 0.946 bits per heavy atom. The lowest BCUT2D eigenvalue weighted by Gasteiger charge is -2.35. The number of piperazine rings is 1. The smallest absolute Gasteiger partial charge is 0.293 e. The minimum Gasteiger partial charge on any atom is -0.380 e. The Morgan fingerprint density at radius 3 is 2.46 bits per heavy atom. The van der Waals surface area contributed by atoms with E-state index in [1.165, 1.54) is 17.5 Å². The molecule has 0 radical (unpaired) electrons. The van der Waals surface area contributed by atoms with Crippen molar-refractivity contribution >= 4 is 33.9 Å². The molecule has 1 aliphatic heterocycles. The molecule has 37 heavy (non-hydrogen) atoms. The summed E-state index contributed by atoms with van der Waals surface area (Å²) in [5.41, 5.74) is 3.54. The second kappa shape index (κ2) is 11.2. The second-order valence-corrected chi connectivity index (χ2v) is 8.97. The molecule has 0 amide bonds. The van der Waals surface area contributed by atoms with E-state index in [9.17, 15) is 10.1 Å². The average molecular weight is 499 g/mol. The molecule has 190 valence electrons. The van der Waals surface area contributed by atoms with E-state index in [0.29, 0.717) is 35.5 Å². The Hall–Kier alpha value is -4.31. The summed E-state index contributed by atoms with van der Waals surface area (Å²) in [4.78, 5) is 29.3. The van der Waals surface area contributed by atoms with Crippen LogP contribution in [0.25, 0.3) is 10.9 Å². The monoisotopic (exact) mass is 498 g/mol. The van der Waals surface area contributed by atoms with Crippen molar-refractivity contribution in [3.63, 3.8) is 0 Å². The maximum Gasteiger partial charge on any atom is 0.293 e. The van der Waals surface area contributed by atoms with Gasteiger partial charge in [0.2, 0.25) is 0 Å². The molecule has 0 atom stereocenters. The number of nitrogens with one attached hydrogen (secondary N) is 2. The molecule has 2 aromatic heterocycles. The van der Waals surface area contributed by atoms with Crippen LogP contribution in [0.3, 0.4) is 0 Å². The number of benzene rings is 2. The fraction of sp³-hybridized carbons (Fsp3) is 0.296. The molecule has 1 saturated heterocycles. The maximum absolute atomic E-state index is 11.7. The van der Waals surface area contributed by atoms with Gasteiger partial charge in [0.05, 0.1) is 10.4 Å². The molecule has 2 N–H and O–H groups in total. The predicted molar refractivity (Wildman–Crippen MR) is 146 cm³/mol. The first-order valence-corrected chi connectivity index (χ1v) is 12.5. The molecule has 1 fully saturated rings. The van der Waals surface area contributed by atoms with Crippen molar-refractivity contribution in [3.05, 3.63) is 88.4 Å². The second-order valence-electron chi connectivity index (χ2n) is 8.97. The number of hydrogen-bond acceptors (Lipinski definition) is 9. The van der Waals surface area contributed by atoms with Crippen molar-refractivity contribution in [2.75, 3.05) is 48.3 Å². The molecule has 4 aromatic rings. The van der Waals surface area contributed by atoms with E-state index in [0.717, 1.165) is 38.5 Å². The minimum atomic E-state index is -0.378. The molecule has 0 bridgehead atoms. The average Bonchev–Trinajstić information content (AvgIpc) is 2.93. The van der Waals surface area contributed by atoms with Gasteiger partial charge in [0.1, 0.15) is 23.7 Å². The van der Waals surface area contributed by atoms with E-state index in [4.69, 9.17) is 0 Å². The number of fused-ring (bicyclic) bond motifs is 1. The van der Waals surface area contributed by atoms with Crippen LogP contribution >= 0.6 is 0 Å². The van der Waals surface area contributed by atoms with Gasteiger partial charge in [-0.25, -0.2) is 15.0 Å². The van der Waals surface area contributed by atoms with Gasteiger partial charge in [0, 0.05) is 63.5 Å². The lowest BCUT2D eigenvalue weighted by atomic mass is 10.1. The largest absolute Gasteiger partial charge is 0.380 e. The van der Waals surface area contributed by atoms with E-state index in [1.54, 1.807) is 12.1 Å². The third kappa shape index (κ3) is 5.59. The zero-order valence-electron chi connectivity index (χ0n) is 20.8. The van der Waals surface area contributed by atoms with E-state index in [1.807, 2.05) is 31.3 Å². The minimum absolute atomic E-state index is 0.0115. The predicted octanol–water partition coefficient (Wildman–Crippen LogP) is 4.30. The number of anilines is 3. The van der Waals surface area contributed by atoms with Gasteiger partial charge in [-0.3, -0.25) is 15.0 Å². The summed E-state index contributed by atoms with van der Waals surface area (Å²) in [6.07, 6.45) is 3.32. The van der Waals surface area contributed by atoms with E-state index < -0.39 is 0 Å². The number of nitro groups is 1. The molecule has 10 nitrogen and oxygen atoms in total. The van der Waals surface area contributed by atoms with Gasteiger partial charge in [-0.1, -0.05) is 30.3 Å². The molecule has 2 aromatic carbocycles. The zero-order chi connectivity index (χ0) is 25.6. The molecule has 10 heteroatoms. The Balaban J connectivity index is 1.29. The zero-order valence-corrected chi connectivity index (χ0v) is 20.8. The Bertz CT molecular complexity index is 1370. The highest BCUT2D eigenvalue weighted by atomic mass is 16.6. The number of nitro benzene ring substituents is 1. The van der Waals surface area contributed by atoms with Gasteiger partial charge >= 0.3 is 0 Å². The Labute approximate surface area is 215 Å². The third-order valence-electron chi connectivity index (χ3n) is 6.62. The molecular formula is C27H30N8O2. The summed E-state index contributed by atoms with van der Waals surface area (Å²) in [6, 6.07) is 17.7. The van der Waals surface area contributed by atoms with Crippen LogP contribution < -0.4 is 15.5 Å². The fourth-order valence-electron chi connectivity index (χ4n) is 4.70. The number of rotatable bonds is 9. The van der Waals surface area contributed by atoms with Crippen molar-refractivity contribution in [2.45, 2.75) is 20.0 Å². The Kier molecular flexibility index (Phi) is 7.36. The normalized spacial score (nSPS) is 14.0. The van der Waals surface area contributed by atoms with Crippen LogP contribution in [0.5, 0.6) is 0 Å². The van der Waals surface area contributed by atoms with Crippen molar-refractivity contribution in [1.29, 1.82) is 0 Å². The van der Waals surface area contributed by atoms with Crippen molar-refractivity contribution in [3.8, 4) is 0 Å². The first-order chi connectivity index (χ1) is 18.1. The lowest BCUT2D eigenvalue weighted by Crippen LogP contribution is -2.46. The van der Waals surface area contributed by atoms with Crippen LogP contribution in [0.15, 0.2) is 67.1 Å². The quantitative estimate of drug-likeness (QED) is 0.258. The van der Waals surface area contributed by atoms with Gasteiger partial charge in [-0.15, -0.1) is 0 Å². The standard InChI is InChI=1S/C27H30N8O2/c1-2-28-24-16-23-22(15-25(24)35(36)37)27(32-19-31-23)30-17-20-7-3-4-8-21(20)18-33-11-13-34(14-12-33)26-9-5-6-10-29-26/h3-10,15-16,19,28H,2,11-14,17-18H2,1H3,(H,30,31,32). The van der Waals surface area contributed by atoms with Crippen LogP contribution in [-0.2, 0) is 13.1 Å². The lowest BCUT2D eigenvalue weighted by molar-refractivity contribution is -0.383. The van der Waals surface area contributed by atoms with Gasteiger partial charge in [0.15, 0.2) is 0 Å². The van der Waals surface area contributed by atoms with E-state index in [-0.39, 0.29) is 10.6 Å². The topological polar surface area (TPSA) is 112 Å². The SMILES string of the molecule is CCNc1cc2ncnc(NCc3ccccc3CN3CCN(c4ccccn4)CC3)c2cc1[N+](=O)[O-]. The number of aromatic nitrogens is 3. The summed E-state index contributed by atoms with van der Waals surface area (Å²) in [5, 5.41) is 18.7. The molecule has 0 aliphatic carbocycles. The number of hydrogen-bond donors (Lipinski definition) is 2. The molecule has 1 aliphatic rings. The summed E-state index contributed by atoms with van der Waals surface area (Å²) in [5.74, 6) is 1.61. The van der Waals surface area contributed by atoms with Crippen LogP contribution in [0.4, 0.5) is 23.0 Å². The first-order valence-electron chi connectivity index (χ1n) is 12.5. The molecule has 0 unspecified atom stereocenters. The van der Waals surface area contributed by atoms with Gasteiger partial charge < -0.3 is 15.5 Å². The third-order valence-corrected chi connectivity index (χ3v) is 6.62. The van der Waals surface area contributed by atoms with E-state index >= 15 is 0 Å². The van der Waals surface area contributed by atoms with Crippen LogP contribution in [-0.4, -0.2) is 57.5 Å². The van der Waals surface area contributed by atoms with Gasteiger partial charge in [-0.05, 0) is 36.2 Å². The Morgan fingerprint density at radius 2 is 1.73 bits per heavy atom. The van der Waals surface area contributed by atoms with Crippen molar-refractivity contribution < 1.29 is 4.92 Å². The summed E-state index contributed by atoms with van der Waals surface area (Å²) in [6.45, 7) is 7.71. The van der Waals surface area contributed by atoms with Crippen LogP contribution in [0.2, 0.25) is 0 Å². The van der Waals surface area contributed by atoms with Gasteiger partial charge in [-0.2, -0.15) is 0 Å². The number of pyridine rings is 1.